The van der Waals surface area contributed by atoms with E-state index in [1.165, 1.54) is 0 Å². The average Bonchev–Trinajstić information content (AvgIpc) is 2.76. The highest BCUT2D eigenvalue weighted by Crippen LogP contribution is 2.12. The Hall–Kier alpha value is -2.37. The van der Waals surface area contributed by atoms with Crippen LogP contribution >= 0.6 is 0 Å². The van der Waals surface area contributed by atoms with E-state index in [2.05, 4.69) is 15.5 Å². The summed E-state index contributed by atoms with van der Waals surface area (Å²) in [5.74, 6) is 1.42. The molecule has 112 valence electrons. The highest BCUT2D eigenvalue weighted by Gasteiger charge is 2.17. The fourth-order valence-corrected chi connectivity index (χ4v) is 1.90. The Kier molecular flexibility index (Phi) is 4.26. The van der Waals surface area contributed by atoms with Gasteiger partial charge in [0.1, 0.15) is 11.4 Å². The maximum atomic E-state index is 11.7. The first-order valence-electron chi connectivity index (χ1n) is 6.80. The van der Waals surface area contributed by atoms with Gasteiger partial charge in [-0.25, -0.2) is 4.79 Å². The zero-order valence-corrected chi connectivity index (χ0v) is 12.8. The second-order valence-electron chi connectivity index (χ2n) is 5.69. The number of hydrogen-bond acceptors (Lipinski definition) is 4. The van der Waals surface area contributed by atoms with Gasteiger partial charge >= 0.3 is 6.09 Å². The second-order valence-corrected chi connectivity index (χ2v) is 5.69. The molecule has 0 fully saturated rings. The van der Waals surface area contributed by atoms with Crippen LogP contribution in [0.4, 0.5) is 4.79 Å². The van der Waals surface area contributed by atoms with Crippen molar-refractivity contribution in [3.8, 4) is 5.69 Å². The molecule has 0 spiro atoms. The summed E-state index contributed by atoms with van der Waals surface area (Å²) in [6, 6.07) is 9.77. The highest BCUT2D eigenvalue weighted by atomic mass is 16.6. The van der Waals surface area contributed by atoms with Gasteiger partial charge in [0, 0.05) is 5.69 Å². The summed E-state index contributed by atoms with van der Waals surface area (Å²) in [7, 11) is 0. The molecule has 0 bridgehead atoms. The van der Waals surface area contributed by atoms with Gasteiger partial charge in [0.25, 0.3) is 0 Å². The minimum atomic E-state index is -0.521. The first-order chi connectivity index (χ1) is 9.87. The molecule has 0 aliphatic heterocycles. The average molecular weight is 288 g/mol. The summed E-state index contributed by atoms with van der Waals surface area (Å²) in [5, 5.41) is 10.9. The minimum Gasteiger partial charge on any atom is -0.444 e. The number of carbonyl (C=O) groups is 1. The molecule has 0 aliphatic carbocycles. The number of aromatic nitrogens is 3. The van der Waals surface area contributed by atoms with Crippen molar-refractivity contribution >= 4 is 6.09 Å². The van der Waals surface area contributed by atoms with E-state index < -0.39 is 11.7 Å². The van der Waals surface area contributed by atoms with Crippen molar-refractivity contribution in [3.63, 3.8) is 0 Å². The lowest BCUT2D eigenvalue weighted by atomic mass is 10.2. The molecule has 0 radical (unpaired) electrons. The van der Waals surface area contributed by atoms with Crippen LogP contribution in [-0.2, 0) is 11.3 Å². The number of para-hydroxylation sites is 1. The van der Waals surface area contributed by atoms with Crippen LogP contribution in [0, 0.1) is 6.92 Å². The van der Waals surface area contributed by atoms with Crippen molar-refractivity contribution in [2.75, 3.05) is 0 Å². The third kappa shape index (κ3) is 4.05. The Morgan fingerprint density at radius 3 is 2.52 bits per heavy atom. The lowest BCUT2D eigenvalue weighted by molar-refractivity contribution is 0.0522. The quantitative estimate of drug-likeness (QED) is 0.942. The number of hydrogen-bond donors (Lipinski definition) is 1. The van der Waals surface area contributed by atoms with Gasteiger partial charge in [0.15, 0.2) is 5.82 Å². The van der Waals surface area contributed by atoms with Gasteiger partial charge in [0.05, 0.1) is 6.54 Å². The SMILES string of the molecule is Cc1nnc(CNC(=O)OC(C)(C)C)n1-c1ccccc1. The summed E-state index contributed by atoms with van der Waals surface area (Å²) >= 11 is 0. The molecule has 6 heteroatoms. The topological polar surface area (TPSA) is 69.0 Å². The molecule has 0 atom stereocenters. The molecule has 6 nitrogen and oxygen atoms in total. The van der Waals surface area contributed by atoms with Gasteiger partial charge < -0.3 is 10.1 Å². The van der Waals surface area contributed by atoms with Crippen LogP contribution in [0.25, 0.3) is 5.69 Å². The summed E-state index contributed by atoms with van der Waals surface area (Å²) in [6.07, 6.45) is -0.470. The van der Waals surface area contributed by atoms with E-state index >= 15 is 0 Å². The third-order valence-corrected chi connectivity index (χ3v) is 2.70. The Bertz CT molecular complexity index is 614. The first kappa shape index (κ1) is 15.0. The molecule has 0 saturated heterocycles. The van der Waals surface area contributed by atoms with E-state index in [4.69, 9.17) is 4.74 Å². The fourth-order valence-electron chi connectivity index (χ4n) is 1.90. The number of benzene rings is 1. The molecule has 0 saturated carbocycles. The van der Waals surface area contributed by atoms with E-state index in [0.29, 0.717) is 5.82 Å². The minimum absolute atomic E-state index is 0.255. The Morgan fingerprint density at radius 1 is 1.24 bits per heavy atom. The summed E-state index contributed by atoms with van der Waals surface area (Å²) < 4.78 is 7.10. The first-order valence-corrected chi connectivity index (χ1v) is 6.80. The monoisotopic (exact) mass is 288 g/mol. The van der Waals surface area contributed by atoms with Crippen molar-refractivity contribution in [2.24, 2.45) is 0 Å². The van der Waals surface area contributed by atoms with E-state index in [1.807, 2.05) is 62.6 Å². The van der Waals surface area contributed by atoms with Crippen LogP contribution in [0.5, 0.6) is 0 Å². The summed E-state index contributed by atoms with van der Waals surface area (Å²) in [5.41, 5.74) is 0.439. The van der Waals surface area contributed by atoms with Crippen LogP contribution in [0.2, 0.25) is 0 Å². The normalized spacial score (nSPS) is 11.2. The molecule has 0 unspecified atom stereocenters. The Morgan fingerprint density at radius 2 is 1.90 bits per heavy atom. The van der Waals surface area contributed by atoms with Crippen LogP contribution in [0.1, 0.15) is 32.4 Å². The van der Waals surface area contributed by atoms with Crippen molar-refractivity contribution in [2.45, 2.75) is 39.8 Å². The largest absolute Gasteiger partial charge is 0.444 e. The third-order valence-electron chi connectivity index (χ3n) is 2.70. The molecule has 2 aromatic rings. The Labute approximate surface area is 124 Å². The van der Waals surface area contributed by atoms with Gasteiger partial charge in [0.2, 0.25) is 0 Å². The molecular formula is C15H20N4O2. The zero-order chi connectivity index (χ0) is 15.5. The predicted octanol–water partition coefficient (Wildman–Crippen LogP) is 2.60. The van der Waals surface area contributed by atoms with E-state index in [-0.39, 0.29) is 6.54 Å². The van der Waals surface area contributed by atoms with Gasteiger partial charge in [-0.1, -0.05) is 18.2 Å². The van der Waals surface area contributed by atoms with Crippen LogP contribution < -0.4 is 5.32 Å². The van der Waals surface area contributed by atoms with E-state index in [9.17, 15) is 4.79 Å². The number of aryl methyl sites for hydroxylation is 1. The summed E-state index contributed by atoms with van der Waals surface area (Å²) in [4.78, 5) is 11.7. The molecule has 1 amide bonds. The second kappa shape index (κ2) is 5.95. The van der Waals surface area contributed by atoms with Crippen molar-refractivity contribution in [1.82, 2.24) is 20.1 Å². The molecule has 0 aliphatic rings. The maximum Gasteiger partial charge on any atom is 0.408 e. The lowest BCUT2D eigenvalue weighted by Crippen LogP contribution is -2.32. The van der Waals surface area contributed by atoms with Crippen LogP contribution in [0.15, 0.2) is 30.3 Å². The number of nitrogens with zero attached hydrogens (tertiary/aromatic N) is 3. The smallest absolute Gasteiger partial charge is 0.408 e. The summed E-state index contributed by atoms with van der Waals surface area (Å²) in [6.45, 7) is 7.59. The Balaban J connectivity index is 2.11. The number of nitrogens with one attached hydrogen (secondary N) is 1. The molecule has 1 N–H and O–H groups in total. The zero-order valence-electron chi connectivity index (χ0n) is 12.8. The molecule has 1 aromatic heterocycles. The predicted molar refractivity (Wildman–Crippen MR) is 79.2 cm³/mol. The number of carbonyl (C=O) groups excluding carboxylic acids is 1. The van der Waals surface area contributed by atoms with E-state index in [1.54, 1.807) is 0 Å². The van der Waals surface area contributed by atoms with Gasteiger partial charge in [-0.15, -0.1) is 10.2 Å². The number of ether oxygens (including phenoxy) is 1. The van der Waals surface area contributed by atoms with Gasteiger partial charge in [-0.05, 0) is 39.8 Å². The van der Waals surface area contributed by atoms with Gasteiger partial charge in [-0.3, -0.25) is 4.57 Å². The fraction of sp³-hybridized carbons (Fsp3) is 0.400. The number of amides is 1. The van der Waals surface area contributed by atoms with Gasteiger partial charge in [-0.2, -0.15) is 0 Å². The van der Waals surface area contributed by atoms with Crippen LogP contribution in [-0.4, -0.2) is 26.5 Å². The molecule has 2 rings (SSSR count). The number of alkyl carbamates (subject to hydrolysis) is 1. The standard InChI is InChI=1S/C15H20N4O2/c1-11-17-18-13(10-16-14(20)21-15(2,3)4)19(11)12-8-6-5-7-9-12/h5-9H,10H2,1-4H3,(H,16,20). The van der Waals surface area contributed by atoms with Crippen molar-refractivity contribution < 1.29 is 9.53 Å². The van der Waals surface area contributed by atoms with E-state index in [0.717, 1.165) is 11.5 Å². The van der Waals surface area contributed by atoms with Crippen molar-refractivity contribution in [3.05, 3.63) is 42.0 Å². The molecular weight excluding hydrogens is 268 g/mol. The molecule has 1 aromatic carbocycles. The molecule has 1 heterocycles. The maximum absolute atomic E-state index is 11.7. The number of rotatable bonds is 3. The molecule has 21 heavy (non-hydrogen) atoms. The van der Waals surface area contributed by atoms with Crippen LogP contribution in [0.3, 0.4) is 0 Å². The highest BCUT2D eigenvalue weighted by molar-refractivity contribution is 5.67. The van der Waals surface area contributed by atoms with Crippen molar-refractivity contribution in [1.29, 1.82) is 0 Å². The lowest BCUT2D eigenvalue weighted by Gasteiger charge is -2.19.